The minimum Gasteiger partial charge on any atom is -0.394 e. The predicted octanol–water partition coefficient (Wildman–Crippen LogP) is -0.316. The highest BCUT2D eigenvalue weighted by Gasteiger charge is 2.08. The number of carbonyl (C=O) groups is 1. The molecule has 5 nitrogen and oxygen atoms in total. The highest BCUT2D eigenvalue weighted by Crippen LogP contribution is 2.00. The van der Waals surface area contributed by atoms with Crippen molar-refractivity contribution in [1.82, 2.24) is 10.3 Å². The SMILES string of the molecule is CC(CO)NC(=O)c1ccc(CO)nc1. The van der Waals surface area contributed by atoms with E-state index in [1.165, 1.54) is 6.20 Å². The van der Waals surface area contributed by atoms with Crippen molar-refractivity contribution < 1.29 is 15.0 Å². The van der Waals surface area contributed by atoms with Crippen LogP contribution in [0.5, 0.6) is 0 Å². The topological polar surface area (TPSA) is 82.5 Å². The molecule has 0 aliphatic rings. The Labute approximate surface area is 87.8 Å². The van der Waals surface area contributed by atoms with E-state index in [0.717, 1.165) is 0 Å². The average molecular weight is 210 g/mol. The van der Waals surface area contributed by atoms with Crippen LogP contribution in [0, 0.1) is 0 Å². The van der Waals surface area contributed by atoms with Gasteiger partial charge in [-0.3, -0.25) is 9.78 Å². The highest BCUT2D eigenvalue weighted by atomic mass is 16.3. The van der Waals surface area contributed by atoms with Gasteiger partial charge in [-0.2, -0.15) is 0 Å². The standard InChI is InChI=1S/C10H14N2O3/c1-7(5-13)12-10(15)8-2-3-9(6-14)11-4-8/h2-4,7,13-14H,5-6H2,1H3,(H,12,15). The van der Waals surface area contributed by atoms with E-state index < -0.39 is 0 Å². The summed E-state index contributed by atoms with van der Waals surface area (Å²) in [6, 6.07) is 2.88. The van der Waals surface area contributed by atoms with Crippen LogP contribution in [0.3, 0.4) is 0 Å². The number of nitrogens with one attached hydrogen (secondary N) is 1. The monoisotopic (exact) mass is 210 g/mol. The molecule has 0 aliphatic carbocycles. The van der Waals surface area contributed by atoms with Crippen LogP contribution >= 0.6 is 0 Å². The van der Waals surface area contributed by atoms with E-state index in [4.69, 9.17) is 10.2 Å². The molecule has 1 amide bonds. The number of aliphatic hydroxyl groups is 2. The van der Waals surface area contributed by atoms with Gasteiger partial charge in [-0.05, 0) is 19.1 Å². The second kappa shape index (κ2) is 5.43. The molecule has 1 heterocycles. The summed E-state index contributed by atoms with van der Waals surface area (Å²) in [7, 11) is 0. The van der Waals surface area contributed by atoms with E-state index in [-0.39, 0.29) is 25.2 Å². The van der Waals surface area contributed by atoms with Crippen molar-refractivity contribution in [3.05, 3.63) is 29.6 Å². The summed E-state index contributed by atoms with van der Waals surface area (Å²) < 4.78 is 0. The first kappa shape index (κ1) is 11.6. The van der Waals surface area contributed by atoms with Gasteiger partial charge in [0.2, 0.25) is 0 Å². The zero-order valence-corrected chi connectivity index (χ0v) is 8.47. The van der Waals surface area contributed by atoms with E-state index in [1.807, 2.05) is 0 Å². The number of hydrogen-bond donors (Lipinski definition) is 3. The number of amides is 1. The van der Waals surface area contributed by atoms with E-state index in [2.05, 4.69) is 10.3 Å². The Morgan fingerprint density at radius 3 is 2.73 bits per heavy atom. The maximum atomic E-state index is 11.5. The van der Waals surface area contributed by atoms with Crippen molar-refractivity contribution in [3.8, 4) is 0 Å². The quantitative estimate of drug-likeness (QED) is 0.636. The van der Waals surface area contributed by atoms with Gasteiger partial charge in [-0.15, -0.1) is 0 Å². The number of aromatic nitrogens is 1. The van der Waals surface area contributed by atoms with E-state index in [0.29, 0.717) is 11.3 Å². The molecule has 0 radical (unpaired) electrons. The molecule has 0 aromatic carbocycles. The molecule has 1 aromatic heterocycles. The van der Waals surface area contributed by atoms with Gasteiger partial charge in [0.1, 0.15) is 0 Å². The van der Waals surface area contributed by atoms with Gasteiger partial charge in [0.05, 0.1) is 24.5 Å². The third-order valence-corrected chi connectivity index (χ3v) is 1.90. The summed E-state index contributed by atoms with van der Waals surface area (Å²) in [5.74, 6) is -0.284. The molecule has 1 unspecified atom stereocenters. The Bertz CT molecular complexity index is 324. The fourth-order valence-corrected chi connectivity index (χ4v) is 1.01. The molecule has 5 heteroatoms. The fraction of sp³-hybridized carbons (Fsp3) is 0.400. The van der Waals surface area contributed by atoms with Crippen molar-refractivity contribution in [3.63, 3.8) is 0 Å². The number of hydrogen-bond acceptors (Lipinski definition) is 4. The van der Waals surface area contributed by atoms with E-state index in [1.54, 1.807) is 19.1 Å². The lowest BCUT2D eigenvalue weighted by Crippen LogP contribution is -2.35. The number of carbonyl (C=O) groups excluding carboxylic acids is 1. The van der Waals surface area contributed by atoms with Gasteiger partial charge in [-0.1, -0.05) is 0 Å². The Morgan fingerprint density at radius 1 is 1.53 bits per heavy atom. The second-order valence-corrected chi connectivity index (χ2v) is 3.25. The lowest BCUT2D eigenvalue weighted by molar-refractivity contribution is 0.0922. The van der Waals surface area contributed by atoms with Crippen LogP contribution in [0.15, 0.2) is 18.3 Å². The molecule has 15 heavy (non-hydrogen) atoms. The first-order chi connectivity index (χ1) is 7.17. The molecular weight excluding hydrogens is 196 g/mol. The molecule has 0 aliphatic heterocycles. The Hall–Kier alpha value is -1.46. The van der Waals surface area contributed by atoms with Crippen molar-refractivity contribution in [2.45, 2.75) is 19.6 Å². The van der Waals surface area contributed by atoms with Crippen LogP contribution in [0.2, 0.25) is 0 Å². The largest absolute Gasteiger partial charge is 0.394 e. The summed E-state index contributed by atoms with van der Waals surface area (Å²) in [5, 5.41) is 20.1. The Balaban J connectivity index is 2.66. The van der Waals surface area contributed by atoms with Crippen molar-refractivity contribution in [1.29, 1.82) is 0 Å². The molecule has 0 saturated carbocycles. The van der Waals surface area contributed by atoms with Crippen LogP contribution < -0.4 is 5.32 Å². The predicted molar refractivity (Wildman–Crippen MR) is 54.2 cm³/mol. The molecule has 0 saturated heterocycles. The summed E-state index contributed by atoms with van der Waals surface area (Å²) in [4.78, 5) is 15.4. The fourth-order valence-electron chi connectivity index (χ4n) is 1.01. The van der Waals surface area contributed by atoms with Gasteiger partial charge in [0.25, 0.3) is 5.91 Å². The molecule has 1 rings (SSSR count). The number of pyridine rings is 1. The minimum atomic E-state index is -0.284. The third kappa shape index (κ3) is 3.30. The number of aliphatic hydroxyl groups excluding tert-OH is 2. The van der Waals surface area contributed by atoms with Crippen LogP contribution in [0.4, 0.5) is 0 Å². The van der Waals surface area contributed by atoms with Gasteiger partial charge >= 0.3 is 0 Å². The Kier molecular flexibility index (Phi) is 4.20. The summed E-state index contributed by atoms with van der Waals surface area (Å²) in [6.07, 6.45) is 1.39. The van der Waals surface area contributed by atoms with Crippen LogP contribution in [0.25, 0.3) is 0 Å². The van der Waals surface area contributed by atoms with Crippen molar-refractivity contribution in [2.24, 2.45) is 0 Å². The van der Waals surface area contributed by atoms with Crippen LogP contribution in [0.1, 0.15) is 23.0 Å². The normalized spacial score (nSPS) is 12.2. The van der Waals surface area contributed by atoms with Gasteiger partial charge in [0, 0.05) is 12.2 Å². The van der Waals surface area contributed by atoms with Gasteiger partial charge < -0.3 is 15.5 Å². The minimum absolute atomic E-state index is 0.103. The number of nitrogens with zero attached hydrogens (tertiary/aromatic N) is 1. The van der Waals surface area contributed by atoms with E-state index >= 15 is 0 Å². The molecule has 3 N–H and O–H groups in total. The summed E-state index contributed by atoms with van der Waals surface area (Å²) >= 11 is 0. The first-order valence-electron chi connectivity index (χ1n) is 4.65. The van der Waals surface area contributed by atoms with Crippen molar-refractivity contribution in [2.75, 3.05) is 6.61 Å². The molecule has 0 fully saturated rings. The molecule has 1 atom stereocenters. The van der Waals surface area contributed by atoms with Crippen LogP contribution in [-0.2, 0) is 6.61 Å². The zero-order chi connectivity index (χ0) is 11.3. The Morgan fingerprint density at radius 2 is 2.27 bits per heavy atom. The molecule has 1 aromatic rings. The smallest absolute Gasteiger partial charge is 0.253 e. The first-order valence-corrected chi connectivity index (χ1v) is 4.65. The molecule has 82 valence electrons. The van der Waals surface area contributed by atoms with E-state index in [9.17, 15) is 4.79 Å². The number of rotatable bonds is 4. The maximum Gasteiger partial charge on any atom is 0.253 e. The average Bonchev–Trinajstić information content (AvgIpc) is 2.29. The maximum absolute atomic E-state index is 11.5. The highest BCUT2D eigenvalue weighted by molar-refractivity contribution is 5.94. The lowest BCUT2D eigenvalue weighted by Gasteiger charge is -2.10. The lowest BCUT2D eigenvalue weighted by atomic mass is 10.2. The molecule has 0 spiro atoms. The molecule has 0 bridgehead atoms. The van der Waals surface area contributed by atoms with Crippen LogP contribution in [-0.4, -0.2) is 33.8 Å². The summed E-state index contributed by atoms with van der Waals surface area (Å²) in [6.45, 7) is 1.45. The molecular formula is C10H14N2O3. The van der Waals surface area contributed by atoms with Gasteiger partial charge in [-0.25, -0.2) is 0 Å². The zero-order valence-electron chi connectivity index (χ0n) is 8.47. The van der Waals surface area contributed by atoms with Crippen molar-refractivity contribution >= 4 is 5.91 Å². The third-order valence-electron chi connectivity index (χ3n) is 1.90. The van der Waals surface area contributed by atoms with Gasteiger partial charge in [0.15, 0.2) is 0 Å². The summed E-state index contributed by atoms with van der Waals surface area (Å²) in [5.41, 5.74) is 0.925. The second-order valence-electron chi connectivity index (χ2n) is 3.25.